The molecule has 0 unspecified atom stereocenters. The van der Waals surface area contributed by atoms with Gasteiger partial charge in [-0.05, 0) is 44.7 Å². The second-order valence-electron chi connectivity index (χ2n) is 8.26. The molecule has 0 radical (unpaired) electrons. The fourth-order valence-corrected chi connectivity index (χ4v) is 4.70. The van der Waals surface area contributed by atoms with Gasteiger partial charge in [0.2, 0.25) is 11.8 Å². The summed E-state index contributed by atoms with van der Waals surface area (Å²) in [5.74, 6) is -1.91. The highest BCUT2D eigenvalue weighted by molar-refractivity contribution is 6.05. The van der Waals surface area contributed by atoms with Crippen molar-refractivity contribution >= 4 is 29.4 Å². The van der Waals surface area contributed by atoms with Crippen molar-refractivity contribution in [2.45, 2.75) is 51.7 Å². The average molecular weight is 410 g/mol. The summed E-state index contributed by atoms with van der Waals surface area (Å²) in [6.07, 6.45) is 4.69. The molecule has 3 amide bonds. The molecule has 0 aromatic heterocycles. The number of nitrogens with zero attached hydrogens (tertiary/aromatic N) is 2. The van der Waals surface area contributed by atoms with E-state index in [2.05, 4.69) is 0 Å². The van der Waals surface area contributed by atoms with Crippen LogP contribution in [0.25, 0.3) is 0 Å². The maximum absolute atomic E-state index is 12.9. The second-order valence-corrected chi connectivity index (χ2v) is 8.26. The zero-order chi connectivity index (χ0) is 21.4. The molecule has 3 aliphatic rings. The number of para-hydroxylation sites is 1. The first-order valence-corrected chi connectivity index (χ1v) is 10.5. The van der Waals surface area contributed by atoms with Gasteiger partial charge >= 0.3 is 5.97 Å². The summed E-state index contributed by atoms with van der Waals surface area (Å²) in [6.45, 7) is 3.51. The second kappa shape index (κ2) is 8.05. The van der Waals surface area contributed by atoms with Gasteiger partial charge in [-0.2, -0.15) is 0 Å². The molecule has 0 bridgehead atoms. The van der Waals surface area contributed by atoms with Gasteiger partial charge in [0.15, 0.2) is 6.10 Å². The highest BCUT2D eigenvalue weighted by Gasteiger charge is 2.47. The van der Waals surface area contributed by atoms with E-state index in [-0.39, 0.29) is 48.6 Å². The predicted octanol–water partition coefficient (Wildman–Crippen LogP) is 2.24. The molecule has 2 aliphatic heterocycles. The SMILES string of the molecule is C[C@@H](OC(=O)CCN1C(=O)[C@H]2CC=CC[C@@H]2C1=O)C(=O)N1c2ccccc2C[C@@H]1C. The highest BCUT2D eigenvalue weighted by atomic mass is 16.5. The van der Waals surface area contributed by atoms with Crippen molar-refractivity contribution in [2.75, 3.05) is 11.4 Å². The summed E-state index contributed by atoms with van der Waals surface area (Å²) in [5.41, 5.74) is 1.95. The van der Waals surface area contributed by atoms with Crippen molar-refractivity contribution in [1.29, 1.82) is 0 Å². The minimum absolute atomic E-state index is 0.00659. The van der Waals surface area contributed by atoms with E-state index >= 15 is 0 Å². The first kappa shape index (κ1) is 20.3. The number of hydrogen-bond donors (Lipinski definition) is 0. The van der Waals surface area contributed by atoms with Crippen LogP contribution in [0.3, 0.4) is 0 Å². The van der Waals surface area contributed by atoms with Crippen molar-refractivity contribution in [3.63, 3.8) is 0 Å². The topological polar surface area (TPSA) is 84.0 Å². The van der Waals surface area contributed by atoms with E-state index in [9.17, 15) is 19.2 Å². The van der Waals surface area contributed by atoms with Gasteiger partial charge in [0.05, 0.1) is 18.3 Å². The number of anilines is 1. The molecular weight excluding hydrogens is 384 g/mol. The number of carbonyl (C=O) groups is 4. The van der Waals surface area contributed by atoms with Crippen LogP contribution in [-0.2, 0) is 30.3 Å². The lowest BCUT2D eigenvalue weighted by Crippen LogP contribution is -2.43. The lowest BCUT2D eigenvalue weighted by atomic mass is 9.85. The molecule has 1 aromatic rings. The van der Waals surface area contributed by atoms with Gasteiger partial charge in [-0.3, -0.25) is 24.1 Å². The Balaban J connectivity index is 1.33. The fourth-order valence-electron chi connectivity index (χ4n) is 4.70. The predicted molar refractivity (Wildman–Crippen MR) is 109 cm³/mol. The number of carbonyl (C=O) groups excluding carboxylic acids is 4. The van der Waals surface area contributed by atoms with E-state index in [0.717, 1.165) is 17.7 Å². The Morgan fingerprint density at radius 3 is 2.40 bits per heavy atom. The maximum Gasteiger partial charge on any atom is 0.308 e. The van der Waals surface area contributed by atoms with Crippen molar-refractivity contribution < 1.29 is 23.9 Å². The van der Waals surface area contributed by atoms with Gasteiger partial charge in [-0.1, -0.05) is 30.4 Å². The van der Waals surface area contributed by atoms with E-state index in [1.165, 1.54) is 4.90 Å². The molecule has 1 saturated heterocycles. The normalized spacial score (nSPS) is 25.9. The number of imide groups is 1. The molecule has 30 heavy (non-hydrogen) atoms. The Bertz CT molecular complexity index is 898. The molecule has 4 atom stereocenters. The Hall–Kier alpha value is -2.96. The number of fused-ring (bicyclic) bond motifs is 2. The monoisotopic (exact) mass is 410 g/mol. The summed E-state index contributed by atoms with van der Waals surface area (Å²) >= 11 is 0. The molecule has 0 N–H and O–H groups in total. The van der Waals surface area contributed by atoms with Crippen LogP contribution in [0.2, 0.25) is 0 Å². The van der Waals surface area contributed by atoms with Gasteiger partial charge in [-0.25, -0.2) is 0 Å². The van der Waals surface area contributed by atoms with Crippen molar-refractivity contribution in [3.8, 4) is 0 Å². The Kier molecular flexibility index (Phi) is 5.45. The zero-order valence-electron chi connectivity index (χ0n) is 17.2. The van der Waals surface area contributed by atoms with Crippen LogP contribution in [0.15, 0.2) is 36.4 Å². The maximum atomic E-state index is 12.9. The Morgan fingerprint density at radius 1 is 1.10 bits per heavy atom. The molecule has 4 rings (SSSR count). The number of likely N-dealkylation sites (tertiary alicyclic amines) is 1. The van der Waals surface area contributed by atoms with E-state index < -0.39 is 12.1 Å². The molecule has 1 aromatic carbocycles. The van der Waals surface area contributed by atoms with E-state index in [1.54, 1.807) is 11.8 Å². The first-order chi connectivity index (χ1) is 14.4. The molecule has 7 nitrogen and oxygen atoms in total. The smallest absolute Gasteiger partial charge is 0.308 e. The van der Waals surface area contributed by atoms with Crippen LogP contribution >= 0.6 is 0 Å². The van der Waals surface area contributed by atoms with Crippen LogP contribution in [-0.4, -0.2) is 47.3 Å². The van der Waals surface area contributed by atoms with Crippen molar-refractivity contribution in [2.24, 2.45) is 11.8 Å². The molecular formula is C23H26N2O5. The van der Waals surface area contributed by atoms with Crippen LogP contribution in [0.1, 0.15) is 38.7 Å². The minimum atomic E-state index is -0.942. The number of hydrogen-bond acceptors (Lipinski definition) is 5. The van der Waals surface area contributed by atoms with Gasteiger partial charge < -0.3 is 9.64 Å². The summed E-state index contributed by atoms with van der Waals surface area (Å²) < 4.78 is 5.35. The van der Waals surface area contributed by atoms with Crippen LogP contribution in [0, 0.1) is 11.8 Å². The van der Waals surface area contributed by atoms with E-state index in [1.807, 2.05) is 43.3 Å². The molecule has 158 valence electrons. The number of esters is 1. The van der Waals surface area contributed by atoms with Crippen LogP contribution < -0.4 is 4.90 Å². The quantitative estimate of drug-likeness (QED) is 0.422. The third-order valence-electron chi connectivity index (χ3n) is 6.24. The highest BCUT2D eigenvalue weighted by Crippen LogP contribution is 2.35. The summed E-state index contributed by atoms with van der Waals surface area (Å²) in [4.78, 5) is 53.1. The molecule has 7 heteroatoms. The third-order valence-corrected chi connectivity index (χ3v) is 6.24. The lowest BCUT2D eigenvalue weighted by Gasteiger charge is -2.26. The van der Waals surface area contributed by atoms with Crippen LogP contribution in [0.4, 0.5) is 5.69 Å². The van der Waals surface area contributed by atoms with Gasteiger partial charge in [0.1, 0.15) is 0 Å². The van der Waals surface area contributed by atoms with Gasteiger partial charge in [0.25, 0.3) is 5.91 Å². The number of amides is 3. The minimum Gasteiger partial charge on any atom is -0.452 e. The zero-order valence-corrected chi connectivity index (χ0v) is 17.2. The first-order valence-electron chi connectivity index (χ1n) is 10.5. The van der Waals surface area contributed by atoms with Gasteiger partial charge in [-0.15, -0.1) is 0 Å². The van der Waals surface area contributed by atoms with Crippen molar-refractivity contribution in [3.05, 3.63) is 42.0 Å². The number of benzene rings is 1. The number of allylic oxidation sites excluding steroid dienone is 2. The number of rotatable bonds is 5. The molecule has 1 fully saturated rings. The summed E-state index contributed by atoms with van der Waals surface area (Å²) in [6, 6.07) is 7.70. The third kappa shape index (κ3) is 3.53. The molecule has 2 heterocycles. The standard InChI is InChI=1S/C23H26N2O5/c1-14-13-16-7-3-6-10-19(16)25(14)21(27)15(2)30-20(26)11-12-24-22(28)17-8-4-5-9-18(17)23(24)29/h3-7,10,14-15,17-18H,8-9,11-13H2,1-2H3/t14-,15+,17-,18-/m0/s1. The molecule has 1 aliphatic carbocycles. The van der Waals surface area contributed by atoms with Crippen LogP contribution in [0.5, 0.6) is 0 Å². The fraction of sp³-hybridized carbons (Fsp3) is 0.478. The average Bonchev–Trinajstić information content (AvgIpc) is 3.19. The molecule has 0 saturated carbocycles. The Morgan fingerprint density at radius 2 is 1.73 bits per heavy atom. The largest absolute Gasteiger partial charge is 0.452 e. The number of ether oxygens (including phenoxy) is 1. The van der Waals surface area contributed by atoms with E-state index in [4.69, 9.17) is 4.74 Å². The van der Waals surface area contributed by atoms with E-state index in [0.29, 0.717) is 12.8 Å². The van der Waals surface area contributed by atoms with Crippen molar-refractivity contribution in [1.82, 2.24) is 4.90 Å². The lowest BCUT2D eigenvalue weighted by molar-refractivity contribution is -0.154. The molecule has 0 spiro atoms. The summed E-state index contributed by atoms with van der Waals surface area (Å²) in [5, 5.41) is 0. The van der Waals surface area contributed by atoms with Gasteiger partial charge in [0, 0.05) is 18.3 Å². The Labute approximate surface area is 175 Å². The summed E-state index contributed by atoms with van der Waals surface area (Å²) in [7, 11) is 0.